The maximum absolute atomic E-state index is 12.1. The van der Waals surface area contributed by atoms with Crippen molar-refractivity contribution in [2.45, 2.75) is 6.92 Å². The Morgan fingerprint density at radius 1 is 1.19 bits per heavy atom. The maximum atomic E-state index is 12.1. The van der Waals surface area contributed by atoms with Crippen molar-refractivity contribution in [3.8, 4) is 11.7 Å². The molecule has 2 N–H and O–H groups in total. The van der Waals surface area contributed by atoms with Gasteiger partial charge in [-0.2, -0.15) is 5.10 Å². The number of hydrogen-bond acceptors (Lipinski definition) is 7. The van der Waals surface area contributed by atoms with E-state index in [2.05, 4.69) is 30.9 Å². The first kappa shape index (κ1) is 17.3. The van der Waals surface area contributed by atoms with Crippen molar-refractivity contribution in [3.63, 3.8) is 0 Å². The first-order valence-electron chi connectivity index (χ1n) is 8.05. The van der Waals surface area contributed by atoms with Crippen LogP contribution in [0.5, 0.6) is 5.88 Å². The van der Waals surface area contributed by atoms with E-state index in [0.29, 0.717) is 36.2 Å². The highest BCUT2D eigenvalue weighted by atomic mass is 16.5. The van der Waals surface area contributed by atoms with Gasteiger partial charge in [0.25, 0.3) is 5.91 Å². The monoisotopic (exact) mass is 353 g/mol. The van der Waals surface area contributed by atoms with Gasteiger partial charge in [0.2, 0.25) is 5.88 Å². The van der Waals surface area contributed by atoms with Crippen LogP contribution in [0.1, 0.15) is 16.1 Å². The summed E-state index contributed by atoms with van der Waals surface area (Å²) >= 11 is 0. The van der Waals surface area contributed by atoms with Crippen LogP contribution in [0.25, 0.3) is 5.82 Å². The number of methoxy groups -OCH3 is 1. The van der Waals surface area contributed by atoms with Gasteiger partial charge < -0.3 is 15.4 Å². The number of aryl methyl sites for hydroxylation is 1. The molecular weight excluding hydrogens is 334 g/mol. The van der Waals surface area contributed by atoms with Gasteiger partial charge >= 0.3 is 0 Å². The summed E-state index contributed by atoms with van der Waals surface area (Å²) in [5, 5.41) is 18.4. The highest BCUT2D eigenvalue weighted by Gasteiger charge is 2.11. The van der Waals surface area contributed by atoms with E-state index in [1.165, 1.54) is 7.11 Å². The van der Waals surface area contributed by atoms with Gasteiger partial charge in [0.05, 0.1) is 12.8 Å². The number of carbonyl (C=O) groups excluding carboxylic acids is 1. The Morgan fingerprint density at radius 3 is 2.77 bits per heavy atom. The summed E-state index contributed by atoms with van der Waals surface area (Å²) in [5.74, 6) is 1.31. The van der Waals surface area contributed by atoms with Gasteiger partial charge in [-0.15, -0.1) is 10.2 Å². The molecule has 0 spiro atoms. The average Bonchev–Trinajstić information content (AvgIpc) is 3.12. The van der Waals surface area contributed by atoms with Gasteiger partial charge in [0.1, 0.15) is 11.4 Å². The Hall–Kier alpha value is -3.49. The largest absolute Gasteiger partial charge is 0.480 e. The highest BCUT2D eigenvalue weighted by Crippen LogP contribution is 2.12. The molecule has 0 aromatic carbocycles. The molecule has 0 aliphatic carbocycles. The third-order valence-electron chi connectivity index (χ3n) is 3.53. The van der Waals surface area contributed by atoms with E-state index in [1.54, 1.807) is 23.0 Å². The number of amides is 1. The highest BCUT2D eigenvalue weighted by molar-refractivity contribution is 5.96. The van der Waals surface area contributed by atoms with Crippen LogP contribution in [0.3, 0.4) is 0 Å². The molecule has 0 fully saturated rings. The maximum Gasteiger partial charge on any atom is 0.256 e. The summed E-state index contributed by atoms with van der Waals surface area (Å²) in [4.78, 5) is 16.1. The number of rotatable bonds is 7. The standard InChI is InChI=1S/C17H19N7O2/c1-12-7-11-24(23-12)15-6-5-14(21-22-15)18-9-10-19-16(25)13-4-3-8-20-17(13)26-2/h3-8,11H,9-10H2,1-2H3,(H,18,21)(H,19,25). The summed E-state index contributed by atoms with van der Waals surface area (Å²) in [5.41, 5.74) is 1.31. The number of pyridine rings is 1. The van der Waals surface area contributed by atoms with Crippen LogP contribution in [0.2, 0.25) is 0 Å². The van der Waals surface area contributed by atoms with Crippen molar-refractivity contribution in [1.29, 1.82) is 0 Å². The second-order valence-corrected chi connectivity index (χ2v) is 5.42. The Morgan fingerprint density at radius 2 is 2.08 bits per heavy atom. The molecule has 0 bridgehead atoms. The van der Waals surface area contributed by atoms with Crippen LogP contribution < -0.4 is 15.4 Å². The van der Waals surface area contributed by atoms with Gasteiger partial charge in [0, 0.05) is 25.5 Å². The molecule has 9 heteroatoms. The molecule has 1 amide bonds. The summed E-state index contributed by atoms with van der Waals surface area (Å²) in [6, 6.07) is 8.88. The molecule has 0 saturated heterocycles. The molecule has 3 heterocycles. The first-order valence-corrected chi connectivity index (χ1v) is 8.05. The van der Waals surface area contributed by atoms with E-state index in [-0.39, 0.29) is 5.91 Å². The van der Waals surface area contributed by atoms with Crippen molar-refractivity contribution >= 4 is 11.7 Å². The minimum absolute atomic E-state index is 0.243. The summed E-state index contributed by atoms with van der Waals surface area (Å²) < 4.78 is 6.74. The minimum atomic E-state index is -0.243. The zero-order valence-electron chi connectivity index (χ0n) is 14.5. The SMILES string of the molecule is COc1ncccc1C(=O)NCCNc1ccc(-n2ccc(C)n2)nn1. The van der Waals surface area contributed by atoms with E-state index >= 15 is 0 Å². The van der Waals surface area contributed by atoms with Crippen LogP contribution in [0, 0.1) is 6.92 Å². The van der Waals surface area contributed by atoms with Gasteiger partial charge in [0.15, 0.2) is 5.82 Å². The fourth-order valence-corrected chi connectivity index (χ4v) is 2.27. The van der Waals surface area contributed by atoms with Crippen molar-refractivity contribution < 1.29 is 9.53 Å². The van der Waals surface area contributed by atoms with E-state index in [4.69, 9.17) is 4.74 Å². The minimum Gasteiger partial charge on any atom is -0.480 e. The lowest BCUT2D eigenvalue weighted by Crippen LogP contribution is -2.29. The van der Waals surface area contributed by atoms with Crippen LogP contribution in [0.15, 0.2) is 42.7 Å². The molecule has 0 aliphatic heterocycles. The summed E-state index contributed by atoms with van der Waals surface area (Å²) in [6.07, 6.45) is 3.40. The van der Waals surface area contributed by atoms with Crippen LogP contribution >= 0.6 is 0 Å². The predicted octanol–water partition coefficient (Wildman–Crippen LogP) is 1.22. The third-order valence-corrected chi connectivity index (χ3v) is 3.53. The van der Waals surface area contributed by atoms with Crippen LogP contribution in [0.4, 0.5) is 5.82 Å². The Bertz CT molecular complexity index is 877. The fraction of sp³-hybridized carbons (Fsp3) is 0.235. The molecule has 0 aliphatic rings. The quantitative estimate of drug-likeness (QED) is 0.615. The number of nitrogens with one attached hydrogen (secondary N) is 2. The van der Waals surface area contributed by atoms with E-state index in [0.717, 1.165) is 5.69 Å². The van der Waals surface area contributed by atoms with E-state index in [1.807, 2.05) is 31.3 Å². The van der Waals surface area contributed by atoms with Crippen molar-refractivity contribution in [1.82, 2.24) is 30.3 Å². The van der Waals surface area contributed by atoms with Gasteiger partial charge in [-0.3, -0.25) is 4.79 Å². The molecule has 0 atom stereocenters. The molecular formula is C17H19N7O2. The number of nitrogens with zero attached hydrogens (tertiary/aromatic N) is 5. The molecule has 0 saturated carbocycles. The van der Waals surface area contributed by atoms with E-state index in [9.17, 15) is 4.79 Å². The molecule has 3 rings (SSSR count). The average molecular weight is 353 g/mol. The Labute approximate surface area is 150 Å². The number of ether oxygens (including phenoxy) is 1. The summed E-state index contributed by atoms with van der Waals surface area (Å²) in [6.45, 7) is 2.83. The van der Waals surface area contributed by atoms with Gasteiger partial charge in [-0.05, 0) is 37.3 Å². The lowest BCUT2D eigenvalue weighted by Gasteiger charge is -2.09. The molecule has 3 aromatic rings. The number of aromatic nitrogens is 5. The lowest BCUT2D eigenvalue weighted by molar-refractivity contribution is 0.0951. The fourth-order valence-electron chi connectivity index (χ4n) is 2.27. The molecule has 134 valence electrons. The molecule has 26 heavy (non-hydrogen) atoms. The molecule has 0 radical (unpaired) electrons. The van der Waals surface area contributed by atoms with Gasteiger partial charge in [-0.25, -0.2) is 9.67 Å². The molecule has 3 aromatic heterocycles. The van der Waals surface area contributed by atoms with Crippen molar-refractivity contribution in [3.05, 3.63) is 54.0 Å². The second-order valence-electron chi connectivity index (χ2n) is 5.42. The zero-order chi connectivity index (χ0) is 18.4. The third kappa shape index (κ3) is 4.12. The van der Waals surface area contributed by atoms with E-state index < -0.39 is 0 Å². The normalized spacial score (nSPS) is 10.4. The lowest BCUT2D eigenvalue weighted by atomic mass is 10.2. The topological polar surface area (TPSA) is 107 Å². The zero-order valence-corrected chi connectivity index (χ0v) is 14.5. The summed E-state index contributed by atoms with van der Waals surface area (Å²) in [7, 11) is 1.48. The van der Waals surface area contributed by atoms with Gasteiger partial charge in [-0.1, -0.05) is 0 Å². The molecule has 0 unspecified atom stereocenters. The molecule has 9 nitrogen and oxygen atoms in total. The van der Waals surface area contributed by atoms with Crippen LogP contribution in [-0.2, 0) is 0 Å². The number of anilines is 1. The first-order chi connectivity index (χ1) is 12.7. The number of carbonyl (C=O) groups is 1. The Balaban J connectivity index is 1.48. The second kappa shape index (κ2) is 8.06. The number of hydrogen-bond donors (Lipinski definition) is 2. The smallest absolute Gasteiger partial charge is 0.256 e. The Kier molecular flexibility index (Phi) is 5.37. The van der Waals surface area contributed by atoms with Crippen molar-refractivity contribution in [2.24, 2.45) is 0 Å². The van der Waals surface area contributed by atoms with Crippen LogP contribution in [-0.4, -0.2) is 51.1 Å². The van der Waals surface area contributed by atoms with Crippen molar-refractivity contribution in [2.75, 3.05) is 25.5 Å². The predicted molar refractivity (Wildman–Crippen MR) is 95.5 cm³/mol.